The Bertz CT molecular complexity index is 628. The number of hydrogen-bond acceptors (Lipinski definition) is 4. The molecule has 96 valence electrons. The highest BCUT2D eigenvalue weighted by Gasteiger charge is 2.09. The highest BCUT2D eigenvalue weighted by molar-refractivity contribution is 9.10. The molecule has 0 unspecified atom stereocenters. The summed E-state index contributed by atoms with van der Waals surface area (Å²) in [6, 6.07) is 7.73. The van der Waals surface area contributed by atoms with E-state index >= 15 is 0 Å². The second-order valence-electron chi connectivity index (χ2n) is 3.54. The van der Waals surface area contributed by atoms with Crippen LogP contribution in [0.3, 0.4) is 0 Å². The van der Waals surface area contributed by atoms with Crippen LogP contribution in [0.2, 0.25) is 0 Å². The van der Waals surface area contributed by atoms with Crippen molar-refractivity contribution in [3.63, 3.8) is 0 Å². The van der Waals surface area contributed by atoms with E-state index in [9.17, 15) is 9.59 Å². The van der Waals surface area contributed by atoms with Crippen molar-refractivity contribution in [3.8, 4) is 0 Å². The number of carbonyl (C=O) groups excluding carboxylic acids is 1. The Morgan fingerprint density at radius 3 is 2.58 bits per heavy atom. The van der Waals surface area contributed by atoms with Gasteiger partial charge in [0.25, 0.3) is 5.91 Å². The first-order valence-electron chi connectivity index (χ1n) is 5.19. The summed E-state index contributed by atoms with van der Waals surface area (Å²) in [6.45, 7) is 0. The summed E-state index contributed by atoms with van der Waals surface area (Å²) in [7, 11) is 0. The van der Waals surface area contributed by atoms with Crippen LogP contribution in [-0.4, -0.2) is 27.0 Å². The number of nitrogens with one attached hydrogen (secondary N) is 1. The second kappa shape index (κ2) is 5.57. The van der Waals surface area contributed by atoms with Crippen molar-refractivity contribution < 1.29 is 14.7 Å². The standard InChI is InChI=1S/C12H8BrN3O3/c13-9-3-1-2-8(15-9)11(17)16-10-5-4-7(6-14-10)12(18)19/h1-6H,(H,18,19)(H,14,16,17). The average molecular weight is 322 g/mol. The molecule has 2 heterocycles. The lowest BCUT2D eigenvalue weighted by Crippen LogP contribution is -2.14. The summed E-state index contributed by atoms with van der Waals surface area (Å²) in [5.41, 5.74) is 0.289. The fraction of sp³-hybridized carbons (Fsp3) is 0. The molecule has 0 atom stereocenters. The zero-order valence-corrected chi connectivity index (χ0v) is 11.1. The average Bonchev–Trinajstić information content (AvgIpc) is 2.39. The van der Waals surface area contributed by atoms with E-state index in [0.29, 0.717) is 4.60 Å². The number of anilines is 1. The van der Waals surface area contributed by atoms with Crippen molar-refractivity contribution in [3.05, 3.63) is 52.4 Å². The molecule has 0 radical (unpaired) electrons. The third-order valence-electron chi connectivity index (χ3n) is 2.20. The third-order valence-corrected chi connectivity index (χ3v) is 2.64. The van der Waals surface area contributed by atoms with Gasteiger partial charge in [-0.2, -0.15) is 0 Å². The molecule has 0 aliphatic carbocycles. The van der Waals surface area contributed by atoms with Crippen molar-refractivity contribution in [2.45, 2.75) is 0 Å². The molecule has 0 saturated heterocycles. The number of pyridine rings is 2. The highest BCUT2D eigenvalue weighted by atomic mass is 79.9. The van der Waals surface area contributed by atoms with Gasteiger partial charge in [0.05, 0.1) is 5.56 Å². The fourth-order valence-electron chi connectivity index (χ4n) is 1.31. The second-order valence-corrected chi connectivity index (χ2v) is 4.35. The van der Waals surface area contributed by atoms with Crippen molar-refractivity contribution in [1.29, 1.82) is 0 Å². The van der Waals surface area contributed by atoms with Gasteiger partial charge in [0.2, 0.25) is 0 Å². The number of carboxylic acid groups (broad SMARTS) is 1. The molecule has 0 spiro atoms. The molecule has 0 saturated carbocycles. The first-order valence-corrected chi connectivity index (χ1v) is 5.99. The number of hydrogen-bond donors (Lipinski definition) is 2. The zero-order valence-electron chi connectivity index (χ0n) is 9.50. The first kappa shape index (κ1) is 13.2. The van der Waals surface area contributed by atoms with E-state index in [2.05, 4.69) is 31.2 Å². The normalized spacial score (nSPS) is 9.95. The summed E-state index contributed by atoms with van der Waals surface area (Å²) in [4.78, 5) is 30.3. The Morgan fingerprint density at radius 2 is 2.00 bits per heavy atom. The Morgan fingerprint density at radius 1 is 1.21 bits per heavy atom. The van der Waals surface area contributed by atoms with Gasteiger partial charge in [0, 0.05) is 6.20 Å². The number of carbonyl (C=O) groups is 2. The van der Waals surface area contributed by atoms with Crippen LogP contribution in [0.5, 0.6) is 0 Å². The van der Waals surface area contributed by atoms with Crippen molar-refractivity contribution in [1.82, 2.24) is 9.97 Å². The predicted octanol–water partition coefficient (Wildman–Crippen LogP) is 2.19. The van der Waals surface area contributed by atoms with Gasteiger partial charge in [-0.25, -0.2) is 14.8 Å². The van der Waals surface area contributed by atoms with E-state index < -0.39 is 11.9 Å². The van der Waals surface area contributed by atoms with Crippen molar-refractivity contribution >= 4 is 33.6 Å². The van der Waals surface area contributed by atoms with Gasteiger partial charge >= 0.3 is 5.97 Å². The SMILES string of the molecule is O=C(O)c1ccc(NC(=O)c2cccc(Br)n2)nc1. The summed E-state index contributed by atoms with van der Waals surface area (Å²) < 4.78 is 0.550. The molecule has 7 heteroatoms. The molecule has 19 heavy (non-hydrogen) atoms. The monoisotopic (exact) mass is 321 g/mol. The van der Waals surface area contributed by atoms with Crippen LogP contribution in [0.25, 0.3) is 0 Å². The fourth-order valence-corrected chi connectivity index (χ4v) is 1.65. The predicted molar refractivity (Wildman–Crippen MR) is 71.1 cm³/mol. The molecule has 2 aromatic heterocycles. The lowest BCUT2D eigenvalue weighted by molar-refractivity contribution is 0.0696. The van der Waals surface area contributed by atoms with E-state index in [4.69, 9.17) is 5.11 Å². The Hall–Kier alpha value is -2.28. The first-order chi connectivity index (χ1) is 9.06. The summed E-state index contributed by atoms with van der Waals surface area (Å²) in [6.07, 6.45) is 1.17. The zero-order chi connectivity index (χ0) is 13.8. The van der Waals surface area contributed by atoms with E-state index in [1.807, 2.05) is 0 Å². The largest absolute Gasteiger partial charge is 0.478 e. The van der Waals surface area contributed by atoms with E-state index in [1.54, 1.807) is 18.2 Å². The molecule has 6 nitrogen and oxygen atoms in total. The van der Waals surface area contributed by atoms with Gasteiger partial charge in [-0.3, -0.25) is 4.79 Å². The topological polar surface area (TPSA) is 92.2 Å². The number of nitrogens with zero attached hydrogens (tertiary/aromatic N) is 2. The van der Waals surface area contributed by atoms with Crippen LogP contribution in [0.15, 0.2) is 41.1 Å². The van der Waals surface area contributed by atoms with Gasteiger partial charge in [-0.05, 0) is 40.2 Å². The van der Waals surface area contributed by atoms with Crippen LogP contribution in [0.4, 0.5) is 5.82 Å². The van der Waals surface area contributed by atoms with Crippen LogP contribution < -0.4 is 5.32 Å². The minimum absolute atomic E-state index is 0.0542. The van der Waals surface area contributed by atoms with Crippen LogP contribution in [-0.2, 0) is 0 Å². The molecule has 2 aromatic rings. The lowest BCUT2D eigenvalue weighted by atomic mass is 10.3. The lowest BCUT2D eigenvalue weighted by Gasteiger charge is -2.04. The minimum Gasteiger partial charge on any atom is -0.478 e. The maximum absolute atomic E-state index is 11.8. The minimum atomic E-state index is -1.07. The van der Waals surface area contributed by atoms with Gasteiger partial charge in [0.15, 0.2) is 0 Å². The van der Waals surface area contributed by atoms with Crippen LogP contribution in [0, 0.1) is 0 Å². The maximum atomic E-state index is 11.8. The quantitative estimate of drug-likeness (QED) is 0.845. The Labute approximate surface area is 116 Å². The number of amides is 1. The molecule has 0 fully saturated rings. The Balaban J connectivity index is 2.13. The van der Waals surface area contributed by atoms with E-state index in [0.717, 1.165) is 0 Å². The summed E-state index contributed by atoms with van der Waals surface area (Å²) in [5.74, 6) is -1.23. The number of aromatic carboxylic acids is 1. The molecule has 2 N–H and O–H groups in total. The number of aromatic nitrogens is 2. The van der Waals surface area contributed by atoms with Crippen molar-refractivity contribution in [2.24, 2.45) is 0 Å². The summed E-state index contributed by atoms with van der Waals surface area (Å²) >= 11 is 3.17. The van der Waals surface area contributed by atoms with Crippen LogP contribution in [0.1, 0.15) is 20.8 Å². The van der Waals surface area contributed by atoms with Gasteiger partial charge in [-0.15, -0.1) is 0 Å². The number of rotatable bonds is 3. The molecular weight excluding hydrogens is 314 g/mol. The smallest absolute Gasteiger partial charge is 0.337 e. The molecule has 1 amide bonds. The van der Waals surface area contributed by atoms with Crippen LogP contribution >= 0.6 is 15.9 Å². The number of halogens is 1. The molecular formula is C12H8BrN3O3. The molecule has 0 bridgehead atoms. The maximum Gasteiger partial charge on any atom is 0.337 e. The van der Waals surface area contributed by atoms with E-state index in [1.165, 1.54) is 18.3 Å². The van der Waals surface area contributed by atoms with Crippen molar-refractivity contribution in [2.75, 3.05) is 5.32 Å². The molecule has 2 rings (SSSR count). The number of carboxylic acids is 1. The van der Waals surface area contributed by atoms with Gasteiger partial charge in [0.1, 0.15) is 16.1 Å². The molecule has 0 aliphatic heterocycles. The van der Waals surface area contributed by atoms with Gasteiger partial charge in [-0.1, -0.05) is 6.07 Å². The molecule has 0 aromatic carbocycles. The van der Waals surface area contributed by atoms with Gasteiger partial charge < -0.3 is 10.4 Å². The third kappa shape index (κ3) is 3.35. The highest BCUT2D eigenvalue weighted by Crippen LogP contribution is 2.09. The molecule has 0 aliphatic rings. The van der Waals surface area contributed by atoms with E-state index in [-0.39, 0.29) is 17.1 Å². The summed E-state index contributed by atoms with van der Waals surface area (Å²) in [5, 5.41) is 11.2. The Kier molecular flexibility index (Phi) is 3.86.